The summed E-state index contributed by atoms with van der Waals surface area (Å²) < 4.78 is 3.36. The summed E-state index contributed by atoms with van der Waals surface area (Å²) >= 11 is 0. The van der Waals surface area contributed by atoms with E-state index in [9.17, 15) is 15.2 Å². The Balaban J connectivity index is 1.41. The second-order valence-corrected chi connectivity index (χ2v) is 11.7. The van der Waals surface area contributed by atoms with Crippen LogP contribution in [-0.4, -0.2) is 37.2 Å². The van der Waals surface area contributed by atoms with E-state index < -0.39 is 5.60 Å². The largest absolute Gasteiger partial charge is 0.385 e. The quantitative estimate of drug-likeness (QED) is 0.418. The van der Waals surface area contributed by atoms with Crippen molar-refractivity contribution < 1.29 is 5.11 Å². The summed E-state index contributed by atoms with van der Waals surface area (Å²) in [7, 11) is 1.75. The van der Waals surface area contributed by atoms with Gasteiger partial charge in [-0.25, -0.2) is 9.78 Å². The number of likely N-dealkylation sites (tertiary alicyclic amines) is 1. The molecule has 0 unspecified atom stereocenters. The first kappa shape index (κ1) is 25.9. The molecule has 1 fully saturated rings. The summed E-state index contributed by atoms with van der Waals surface area (Å²) in [5, 5.41) is 21.0. The summed E-state index contributed by atoms with van der Waals surface area (Å²) in [4.78, 5) is 20.2. The van der Waals surface area contributed by atoms with Crippen molar-refractivity contribution in [3.05, 3.63) is 87.8 Å². The molecular weight excluding hydrogens is 474 g/mol. The summed E-state index contributed by atoms with van der Waals surface area (Å²) in [5.41, 5.74) is 4.55. The molecule has 0 saturated carbocycles. The van der Waals surface area contributed by atoms with E-state index in [0.717, 1.165) is 41.8 Å². The number of benzene rings is 2. The minimum Gasteiger partial charge on any atom is -0.385 e. The maximum Gasteiger partial charge on any atom is 0.330 e. The molecule has 0 atom stereocenters. The number of fused-ring (bicyclic) bond motifs is 1. The van der Waals surface area contributed by atoms with Crippen molar-refractivity contribution >= 4 is 11.2 Å². The average molecular weight is 510 g/mol. The third-order valence-corrected chi connectivity index (χ3v) is 7.49. The highest BCUT2D eigenvalue weighted by Crippen LogP contribution is 2.33. The molecule has 0 amide bonds. The lowest BCUT2D eigenvalue weighted by Crippen LogP contribution is -2.42. The first-order valence-corrected chi connectivity index (χ1v) is 13.2. The van der Waals surface area contributed by atoms with Gasteiger partial charge in [-0.1, -0.05) is 57.2 Å². The van der Waals surface area contributed by atoms with Gasteiger partial charge in [0.05, 0.1) is 28.4 Å². The van der Waals surface area contributed by atoms with Crippen molar-refractivity contribution in [3.8, 4) is 17.3 Å². The highest BCUT2D eigenvalue weighted by Gasteiger charge is 2.33. The highest BCUT2D eigenvalue weighted by atomic mass is 16.3. The predicted octanol–water partition coefficient (Wildman–Crippen LogP) is 4.80. The summed E-state index contributed by atoms with van der Waals surface area (Å²) in [6, 6.07) is 21.9. The van der Waals surface area contributed by atoms with E-state index in [1.807, 2.05) is 60.7 Å². The number of aliphatic hydroxyl groups is 1. The van der Waals surface area contributed by atoms with E-state index in [1.165, 1.54) is 0 Å². The summed E-state index contributed by atoms with van der Waals surface area (Å²) in [6.07, 6.45) is 1.36. The normalized spacial score (nSPS) is 16.0. The minimum atomic E-state index is -0.785. The lowest BCUT2D eigenvalue weighted by Gasteiger charge is -2.38. The van der Waals surface area contributed by atoms with Gasteiger partial charge in [0, 0.05) is 38.8 Å². The van der Waals surface area contributed by atoms with E-state index in [1.54, 1.807) is 16.2 Å². The third-order valence-electron chi connectivity index (χ3n) is 7.49. The molecule has 1 saturated heterocycles. The zero-order chi connectivity index (χ0) is 27.1. The molecule has 1 aliphatic rings. The molecule has 0 spiro atoms. The van der Waals surface area contributed by atoms with Crippen LogP contribution in [0.2, 0.25) is 0 Å². The Morgan fingerprint density at radius 2 is 1.76 bits per heavy atom. The van der Waals surface area contributed by atoms with Crippen molar-refractivity contribution in [3.63, 3.8) is 0 Å². The predicted molar refractivity (Wildman–Crippen MR) is 149 cm³/mol. The average Bonchev–Trinajstić information content (AvgIpc) is 3.13. The van der Waals surface area contributed by atoms with E-state index in [4.69, 9.17) is 4.98 Å². The Bertz CT molecular complexity index is 1560. The molecule has 2 aromatic heterocycles. The van der Waals surface area contributed by atoms with Gasteiger partial charge in [-0.3, -0.25) is 14.0 Å². The van der Waals surface area contributed by atoms with Crippen molar-refractivity contribution in [2.24, 2.45) is 12.5 Å². The molecule has 3 heterocycles. The number of hydrogen-bond acceptors (Lipinski definition) is 5. The molecule has 0 radical (unpaired) electrons. The van der Waals surface area contributed by atoms with Gasteiger partial charge in [0.25, 0.3) is 0 Å². The van der Waals surface area contributed by atoms with Crippen LogP contribution >= 0.6 is 0 Å². The summed E-state index contributed by atoms with van der Waals surface area (Å²) in [5.74, 6) is 0. The smallest absolute Gasteiger partial charge is 0.330 e. The van der Waals surface area contributed by atoms with Crippen molar-refractivity contribution in [1.29, 1.82) is 5.26 Å². The lowest BCUT2D eigenvalue weighted by atomic mass is 9.84. The molecule has 196 valence electrons. The second kappa shape index (κ2) is 9.86. The fourth-order valence-electron chi connectivity index (χ4n) is 5.43. The fraction of sp³-hybridized carbons (Fsp3) is 0.387. The number of nitriles is 1. The van der Waals surface area contributed by atoms with Gasteiger partial charge in [0.15, 0.2) is 5.65 Å². The van der Waals surface area contributed by atoms with E-state index in [0.29, 0.717) is 36.3 Å². The van der Waals surface area contributed by atoms with Crippen molar-refractivity contribution in [1.82, 2.24) is 19.0 Å². The van der Waals surface area contributed by atoms with Crippen LogP contribution in [-0.2, 0) is 25.7 Å². The molecule has 7 heteroatoms. The Hall–Kier alpha value is -3.73. The fourth-order valence-corrected chi connectivity index (χ4v) is 5.43. The molecule has 0 bridgehead atoms. The van der Waals surface area contributed by atoms with Gasteiger partial charge in [-0.2, -0.15) is 5.26 Å². The number of hydrogen-bond donors (Lipinski definition) is 1. The molecule has 7 nitrogen and oxygen atoms in total. The topological polar surface area (TPSA) is 87.1 Å². The number of pyridine rings is 1. The van der Waals surface area contributed by atoms with Gasteiger partial charge in [-0.05, 0) is 53.6 Å². The van der Waals surface area contributed by atoms with Gasteiger partial charge in [-0.15, -0.1) is 0 Å². The maximum absolute atomic E-state index is 13.0. The molecule has 2 aromatic carbocycles. The number of aryl methyl sites for hydroxylation is 1. The number of nitrogens with zero attached hydrogens (tertiary/aromatic N) is 5. The number of piperidine rings is 1. The lowest BCUT2D eigenvalue weighted by molar-refractivity contribution is -0.0277. The number of imidazole rings is 1. The van der Waals surface area contributed by atoms with Crippen LogP contribution in [0.15, 0.2) is 65.5 Å². The van der Waals surface area contributed by atoms with Crippen LogP contribution in [0.3, 0.4) is 0 Å². The third kappa shape index (κ3) is 5.02. The molecule has 1 aliphatic heterocycles. The van der Waals surface area contributed by atoms with Crippen molar-refractivity contribution in [2.75, 3.05) is 13.1 Å². The monoisotopic (exact) mass is 509 g/mol. The standard InChI is InChI=1S/C31H35N5O2/c1-30(2,3)21-36-27-13-12-26(33-28(27)34(4)29(36)37)25-18-22(10-11-23(25)19-32)20-35-16-14-31(38,15-17-35)24-8-6-5-7-9-24/h5-13,18,38H,14-17,20-21H2,1-4H3. The number of aromatic nitrogens is 3. The van der Waals surface area contributed by atoms with Crippen LogP contribution in [0.5, 0.6) is 0 Å². The second-order valence-electron chi connectivity index (χ2n) is 11.7. The molecule has 0 aliphatic carbocycles. The minimum absolute atomic E-state index is 0.0513. The van der Waals surface area contributed by atoms with Gasteiger partial charge in [0.1, 0.15) is 0 Å². The highest BCUT2D eigenvalue weighted by molar-refractivity contribution is 5.78. The molecular formula is C31H35N5O2. The molecule has 4 aromatic rings. The van der Waals surface area contributed by atoms with E-state index >= 15 is 0 Å². The Labute approximate surface area is 223 Å². The Morgan fingerprint density at radius 3 is 2.42 bits per heavy atom. The Morgan fingerprint density at radius 1 is 1.05 bits per heavy atom. The zero-order valence-corrected chi connectivity index (χ0v) is 22.6. The molecule has 5 rings (SSSR count). The SMILES string of the molecule is Cn1c(=O)n(CC(C)(C)C)c2ccc(-c3cc(CN4CCC(O)(c5ccccc5)CC4)ccc3C#N)nc21. The van der Waals surface area contributed by atoms with E-state index in [-0.39, 0.29) is 11.1 Å². The molecule has 1 N–H and O–H groups in total. The van der Waals surface area contributed by atoms with Crippen LogP contribution in [0.25, 0.3) is 22.4 Å². The van der Waals surface area contributed by atoms with Gasteiger partial charge in [0.2, 0.25) is 0 Å². The van der Waals surface area contributed by atoms with Gasteiger partial charge < -0.3 is 5.11 Å². The van der Waals surface area contributed by atoms with Crippen LogP contribution in [0, 0.1) is 16.7 Å². The number of rotatable bonds is 5. The Kier molecular flexibility index (Phi) is 6.72. The van der Waals surface area contributed by atoms with Crippen LogP contribution < -0.4 is 5.69 Å². The van der Waals surface area contributed by atoms with E-state index in [2.05, 4.69) is 31.7 Å². The molecule has 38 heavy (non-hydrogen) atoms. The summed E-state index contributed by atoms with van der Waals surface area (Å²) in [6.45, 7) is 9.22. The first-order valence-electron chi connectivity index (χ1n) is 13.2. The maximum atomic E-state index is 13.0. The van der Waals surface area contributed by atoms with Crippen LogP contribution in [0.4, 0.5) is 0 Å². The first-order chi connectivity index (χ1) is 18.1. The van der Waals surface area contributed by atoms with Crippen LogP contribution in [0.1, 0.15) is 50.3 Å². The van der Waals surface area contributed by atoms with Crippen molar-refractivity contribution in [2.45, 2.75) is 52.3 Å². The zero-order valence-electron chi connectivity index (χ0n) is 22.6. The van der Waals surface area contributed by atoms with Gasteiger partial charge >= 0.3 is 5.69 Å².